The topological polar surface area (TPSA) is 51.0 Å². The van der Waals surface area contributed by atoms with E-state index in [0.29, 0.717) is 11.3 Å². The number of aromatic nitrogens is 2. The van der Waals surface area contributed by atoms with Gasteiger partial charge in [-0.25, -0.2) is 0 Å². The fourth-order valence-corrected chi connectivity index (χ4v) is 2.71. The van der Waals surface area contributed by atoms with Crippen molar-refractivity contribution in [3.05, 3.63) is 5.82 Å². The third kappa shape index (κ3) is 2.87. The van der Waals surface area contributed by atoms with Crippen LogP contribution in [0.5, 0.6) is 0 Å². The molecular formula is C10H17N3OS. The molecule has 5 heteroatoms. The SMILES string of the molecule is CC(C)(C)Nc1nc(C2CCCS2)no1. The van der Waals surface area contributed by atoms with Crippen molar-refractivity contribution in [2.24, 2.45) is 0 Å². The highest BCUT2D eigenvalue weighted by atomic mass is 32.2. The molecular weight excluding hydrogens is 210 g/mol. The van der Waals surface area contributed by atoms with Gasteiger partial charge in [-0.05, 0) is 39.4 Å². The maximum atomic E-state index is 5.17. The Balaban J connectivity index is 2.03. The second-order valence-corrected chi connectivity index (χ2v) is 6.15. The van der Waals surface area contributed by atoms with Crippen LogP contribution in [0.3, 0.4) is 0 Å². The number of hydrogen-bond acceptors (Lipinski definition) is 5. The van der Waals surface area contributed by atoms with E-state index in [1.54, 1.807) is 0 Å². The first kappa shape index (κ1) is 10.8. The molecule has 1 aliphatic heterocycles. The predicted octanol–water partition coefficient (Wildman–Crippen LogP) is 2.85. The molecule has 2 rings (SSSR count). The zero-order valence-corrected chi connectivity index (χ0v) is 10.2. The van der Waals surface area contributed by atoms with E-state index >= 15 is 0 Å². The minimum atomic E-state index is -0.0351. The summed E-state index contributed by atoms with van der Waals surface area (Å²) in [5, 5.41) is 7.62. The monoisotopic (exact) mass is 227 g/mol. The van der Waals surface area contributed by atoms with Crippen molar-refractivity contribution >= 4 is 17.8 Å². The molecule has 1 aromatic heterocycles. The predicted molar refractivity (Wildman–Crippen MR) is 62.1 cm³/mol. The highest BCUT2D eigenvalue weighted by Crippen LogP contribution is 2.38. The van der Waals surface area contributed by atoms with Crippen LogP contribution in [0.4, 0.5) is 6.01 Å². The van der Waals surface area contributed by atoms with E-state index in [1.165, 1.54) is 18.6 Å². The van der Waals surface area contributed by atoms with Gasteiger partial charge in [0.15, 0.2) is 5.82 Å². The van der Waals surface area contributed by atoms with Gasteiger partial charge in [0.05, 0.1) is 5.25 Å². The Morgan fingerprint density at radius 1 is 1.47 bits per heavy atom. The molecule has 1 unspecified atom stereocenters. The number of nitrogens with one attached hydrogen (secondary N) is 1. The summed E-state index contributed by atoms with van der Waals surface area (Å²) in [6.45, 7) is 6.21. The van der Waals surface area contributed by atoms with Gasteiger partial charge in [0.25, 0.3) is 0 Å². The molecule has 0 aliphatic carbocycles. The summed E-state index contributed by atoms with van der Waals surface area (Å²) < 4.78 is 5.17. The summed E-state index contributed by atoms with van der Waals surface area (Å²) in [5.74, 6) is 2.05. The number of anilines is 1. The maximum Gasteiger partial charge on any atom is 0.321 e. The highest BCUT2D eigenvalue weighted by Gasteiger charge is 2.23. The molecule has 0 spiro atoms. The molecule has 1 N–H and O–H groups in total. The van der Waals surface area contributed by atoms with Crippen LogP contribution in [0, 0.1) is 0 Å². The highest BCUT2D eigenvalue weighted by molar-refractivity contribution is 7.99. The lowest BCUT2D eigenvalue weighted by Crippen LogP contribution is -2.26. The van der Waals surface area contributed by atoms with E-state index < -0.39 is 0 Å². The van der Waals surface area contributed by atoms with Gasteiger partial charge >= 0.3 is 6.01 Å². The summed E-state index contributed by atoms with van der Waals surface area (Å²) in [6.07, 6.45) is 2.42. The van der Waals surface area contributed by atoms with Crippen LogP contribution in [0.2, 0.25) is 0 Å². The van der Waals surface area contributed by atoms with Crippen LogP contribution in [-0.4, -0.2) is 21.4 Å². The molecule has 0 bridgehead atoms. The van der Waals surface area contributed by atoms with Gasteiger partial charge in [-0.15, -0.1) is 0 Å². The second kappa shape index (κ2) is 4.04. The van der Waals surface area contributed by atoms with Gasteiger partial charge in [0.2, 0.25) is 0 Å². The summed E-state index contributed by atoms with van der Waals surface area (Å²) in [6, 6.07) is 0.532. The van der Waals surface area contributed by atoms with Crippen molar-refractivity contribution in [2.45, 2.75) is 44.4 Å². The van der Waals surface area contributed by atoms with Crippen molar-refractivity contribution in [1.82, 2.24) is 10.1 Å². The van der Waals surface area contributed by atoms with E-state index in [2.05, 4.69) is 36.2 Å². The normalized spacial score (nSPS) is 21.9. The number of thioether (sulfide) groups is 1. The van der Waals surface area contributed by atoms with Gasteiger partial charge < -0.3 is 9.84 Å². The largest absolute Gasteiger partial charge is 0.333 e. The average Bonchev–Trinajstić information content (AvgIpc) is 2.68. The first-order chi connectivity index (χ1) is 7.04. The summed E-state index contributed by atoms with van der Waals surface area (Å²) >= 11 is 1.91. The zero-order valence-electron chi connectivity index (χ0n) is 9.41. The van der Waals surface area contributed by atoms with E-state index in [1.807, 2.05) is 11.8 Å². The summed E-state index contributed by atoms with van der Waals surface area (Å²) in [4.78, 5) is 4.37. The van der Waals surface area contributed by atoms with E-state index in [9.17, 15) is 0 Å². The molecule has 4 nitrogen and oxygen atoms in total. The Kier molecular flexibility index (Phi) is 2.91. The van der Waals surface area contributed by atoms with E-state index in [4.69, 9.17) is 4.52 Å². The smallest absolute Gasteiger partial charge is 0.321 e. The first-order valence-corrected chi connectivity index (χ1v) is 6.33. The molecule has 1 aliphatic rings. The molecule has 0 saturated carbocycles. The van der Waals surface area contributed by atoms with Crippen LogP contribution < -0.4 is 5.32 Å². The summed E-state index contributed by atoms with van der Waals surface area (Å²) in [5.41, 5.74) is -0.0351. The van der Waals surface area contributed by atoms with Gasteiger partial charge in [-0.3, -0.25) is 0 Å². The fraction of sp³-hybridized carbons (Fsp3) is 0.800. The third-order valence-electron chi connectivity index (χ3n) is 2.14. The number of nitrogens with zero attached hydrogens (tertiary/aromatic N) is 2. The van der Waals surface area contributed by atoms with Crippen molar-refractivity contribution in [3.63, 3.8) is 0 Å². The molecule has 2 heterocycles. The lowest BCUT2D eigenvalue weighted by molar-refractivity contribution is 0.411. The third-order valence-corrected chi connectivity index (χ3v) is 3.51. The molecule has 1 atom stereocenters. The van der Waals surface area contributed by atoms with Crippen LogP contribution >= 0.6 is 11.8 Å². The standard InChI is InChI=1S/C10H17N3OS/c1-10(2,3)12-9-11-8(13-14-9)7-5-4-6-15-7/h7H,4-6H2,1-3H3,(H,11,12,13). The first-order valence-electron chi connectivity index (χ1n) is 5.28. The lowest BCUT2D eigenvalue weighted by Gasteiger charge is -2.17. The van der Waals surface area contributed by atoms with Gasteiger partial charge in [-0.2, -0.15) is 16.7 Å². The summed E-state index contributed by atoms with van der Waals surface area (Å²) in [7, 11) is 0. The van der Waals surface area contributed by atoms with Crippen LogP contribution in [0.15, 0.2) is 4.52 Å². The van der Waals surface area contributed by atoms with Crippen molar-refractivity contribution < 1.29 is 4.52 Å². The average molecular weight is 227 g/mol. The molecule has 1 aromatic rings. The Bertz CT molecular complexity index is 326. The zero-order chi connectivity index (χ0) is 10.9. The maximum absolute atomic E-state index is 5.17. The second-order valence-electron chi connectivity index (χ2n) is 4.83. The van der Waals surface area contributed by atoms with Gasteiger partial charge in [-0.1, -0.05) is 5.16 Å². The number of hydrogen-bond donors (Lipinski definition) is 1. The van der Waals surface area contributed by atoms with E-state index in [-0.39, 0.29) is 5.54 Å². The lowest BCUT2D eigenvalue weighted by atomic mass is 10.1. The van der Waals surface area contributed by atoms with Gasteiger partial charge in [0.1, 0.15) is 0 Å². The van der Waals surface area contributed by atoms with Gasteiger partial charge in [0, 0.05) is 5.54 Å². The van der Waals surface area contributed by atoms with Crippen molar-refractivity contribution in [1.29, 1.82) is 0 Å². The Morgan fingerprint density at radius 3 is 2.87 bits per heavy atom. The Hall–Kier alpha value is -0.710. The Morgan fingerprint density at radius 2 is 2.27 bits per heavy atom. The molecule has 15 heavy (non-hydrogen) atoms. The molecule has 0 aromatic carbocycles. The molecule has 0 radical (unpaired) electrons. The van der Waals surface area contributed by atoms with Crippen LogP contribution in [0.1, 0.15) is 44.7 Å². The molecule has 0 amide bonds. The van der Waals surface area contributed by atoms with Crippen LogP contribution in [0.25, 0.3) is 0 Å². The molecule has 84 valence electrons. The molecule has 1 saturated heterocycles. The minimum absolute atomic E-state index is 0.0351. The quantitative estimate of drug-likeness (QED) is 0.842. The molecule has 1 fully saturated rings. The van der Waals surface area contributed by atoms with Crippen molar-refractivity contribution in [2.75, 3.05) is 11.1 Å². The van der Waals surface area contributed by atoms with Crippen LogP contribution in [-0.2, 0) is 0 Å². The number of rotatable bonds is 2. The van der Waals surface area contributed by atoms with Crippen molar-refractivity contribution in [3.8, 4) is 0 Å². The fourth-order valence-electron chi connectivity index (χ4n) is 1.52. The van der Waals surface area contributed by atoms with E-state index in [0.717, 1.165) is 5.82 Å². The Labute approximate surface area is 94.2 Å². The minimum Gasteiger partial charge on any atom is -0.333 e.